The summed E-state index contributed by atoms with van der Waals surface area (Å²) in [6.45, 7) is 4.26. The third-order valence-electron chi connectivity index (χ3n) is 2.91. The summed E-state index contributed by atoms with van der Waals surface area (Å²) in [4.78, 5) is 23.2. The zero-order valence-electron chi connectivity index (χ0n) is 13.5. The van der Waals surface area contributed by atoms with Gasteiger partial charge in [-0.2, -0.15) is 5.26 Å². The molecular formula is C16H21N3O4. The summed E-state index contributed by atoms with van der Waals surface area (Å²) in [6, 6.07) is 6.02. The first-order chi connectivity index (χ1) is 11.0. The number of methoxy groups -OCH3 is 1. The summed E-state index contributed by atoms with van der Waals surface area (Å²) in [5.74, 6) is 0.566. The van der Waals surface area contributed by atoms with Crippen molar-refractivity contribution < 1.29 is 19.1 Å². The molecule has 0 spiro atoms. The predicted molar refractivity (Wildman–Crippen MR) is 84.2 cm³/mol. The first-order valence-electron chi connectivity index (χ1n) is 7.25. The molecule has 1 aromatic carbocycles. The van der Waals surface area contributed by atoms with Crippen LogP contribution in [0.15, 0.2) is 18.2 Å². The molecule has 0 unspecified atom stereocenters. The van der Waals surface area contributed by atoms with E-state index in [0.717, 1.165) is 6.42 Å². The molecule has 0 fully saturated rings. The molecule has 0 radical (unpaired) electrons. The van der Waals surface area contributed by atoms with Gasteiger partial charge < -0.3 is 14.8 Å². The molecule has 0 aliphatic heterocycles. The Bertz CT molecular complexity index is 593. The van der Waals surface area contributed by atoms with E-state index < -0.39 is 11.9 Å². The fourth-order valence-corrected chi connectivity index (χ4v) is 1.68. The monoisotopic (exact) mass is 319 g/mol. The molecule has 0 aliphatic rings. The lowest BCUT2D eigenvalue weighted by atomic mass is 10.1. The van der Waals surface area contributed by atoms with Gasteiger partial charge in [0.1, 0.15) is 0 Å². The molecule has 2 N–H and O–H groups in total. The van der Waals surface area contributed by atoms with Crippen LogP contribution in [0.1, 0.15) is 25.8 Å². The van der Waals surface area contributed by atoms with Gasteiger partial charge in [0.2, 0.25) is 0 Å². The number of carbonyl (C=O) groups excluding carboxylic acids is 2. The minimum absolute atomic E-state index is 0.321. The average molecular weight is 319 g/mol. The highest BCUT2D eigenvalue weighted by Crippen LogP contribution is 2.27. The lowest BCUT2D eigenvalue weighted by molar-refractivity contribution is -0.122. The van der Waals surface area contributed by atoms with Gasteiger partial charge in [-0.3, -0.25) is 10.1 Å². The number of carbonyl (C=O) groups is 2. The molecule has 3 amide bonds. The summed E-state index contributed by atoms with van der Waals surface area (Å²) in [5.41, 5.74) is 0.420. The molecule has 7 nitrogen and oxygen atoms in total. The second-order valence-electron chi connectivity index (χ2n) is 5.25. The van der Waals surface area contributed by atoms with Gasteiger partial charge >= 0.3 is 6.03 Å². The van der Waals surface area contributed by atoms with E-state index in [0.29, 0.717) is 29.5 Å². The van der Waals surface area contributed by atoms with Crippen molar-refractivity contribution in [1.82, 2.24) is 10.6 Å². The van der Waals surface area contributed by atoms with E-state index in [9.17, 15) is 9.59 Å². The number of benzene rings is 1. The summed E-state index contributed by atoms with van der Waals surface area (Å²) in [6.07, 6.45) is 0.834. The van der Waals surface area contributed by atoms with Crippen LogP contribution in [0.5, 0.6) is 11.5 Å². The van der Waals surface area contributed by atoms with Gasteiger partial charge in [0, 0.05) is 12.6 Å². The summed E-state index contributed by atoms with van der Waals surface area (Å²) < 4.78 is 10.4. The predicted octanol–water partition coefficient (Wildman–Crippen LogP) is 1.82. The fourth-order valence-electron chi connectivity index (χ4n) is 1.68. The standard InChI is InChI=1S/C16H21N3O4/c1-11(2)6-7-18-16(21)19-15(20)10-23-13-5-4-12(9-17)8-14(13)22-3/h4-5,8,11H,6-7,10H2,1-3H3,(H2,18,19,20,21). The van der Waals surface area contributed by atoms with Gasteiger partial charge in [0.05, 0.1) is 18.7 Å². The van der Waals surface area contributed by atoms with Gasteiger partial charge in [0.15, 0.2) is 18.1 Å². The third kappa shape index (κ3) is 6.70. The quantitative estimate of drug-likeness (QED) is 0.798. The molecule has 1 rings (SSSR count). The van der Waals surface area contributed by atoms with E-state index in [1.807, 2.05) is 19.9 Å². The van der Waals surface area contributed by atoms with Crippen LogP contribution in [0, 0.1) is 17.2 Å². The molecular weight excluding hydrogens is 298 g/mol. The number of nitrogens with one attached hydrogen (secondary N) is 2. The van der Waals surface area contributed by atoms with E-state index >= 15 is 0 Å². The van der Waals surface area contributed by atoms with Crippen molar-refractivity contribution >= 4 is 11.9 Å². The maximum atomic E-state index is 11.7. The molecule has 124 valence electrons. The molecule has 1 aromatic rings. The van der Waals surface area contributed by atoms with Crippen molar-refractivity contribution in [3.63, 3.8) is 0 Å². The lowest BCUT2D eigenvalue weighted by Gasteiger charge is -2.11. The first-order valence-corrected chi connectivity index (χ1v) is 7.25. The van der Waals surface area contributed by atoms with Crippen molar-refractivity contribution in [3.05, 3.63) is 23.8 Å². The SMILES string of the molecule is COc1cc(C#N)ccc1OCC(=O)NC(=O)NCCC(C)C. The topological polar surface area (TPSA) is 100 Å². The van der Waals surface area contributed by atoms with Crippen LogP contribution < -0.4 is 20.1 Å². The Labute approximate surface area is 135 Å². The largest absolute Gasteiger partial charge is 0.493 e. The van der Waals surface area contributed by atoms with Crippen molar-refractivity contribution in [2.24, 2.45) is 5.92 Å². The Morgan fingerprint density at radius 2 is 2.04 bits per heavy atom. The minimum Gasteiger partial charge on any atom is -0.493 e. The highest BCUT2D eigenvalue weighted by Gasteiger charge is 2.11. The number of urea groups is 1. The van der Waals surface area contributed by atoms with E-state index in [-0.39, 0.29) is 6.61 Å². The first kappa shape index (κ1) is 18.3. The van der Waals surface area contributed by atoms with Crippen molar-refractivity contribution in [2.45, 2.75) is 20.3 Å². The molecule has 0 atom stereocenters. The molecule has 0 aromatic heterocycles. The summed E-state index contributed by atoms with van der Waals surface area (Å²) in [5, 5.41) is 13.6. The normalized spacial score (nSPS) is 9.87. The number of nitriles is 1. The van der Waals surface area contributed by atoms with Crippen LogP contribution in [-0.2, 0) is 4.79 Å². The molecule has 0 saturated carbocycles. The van der Waals surface area contributed by atoms with Gasteiger partial charge in [-0.15, -0.1) is 0 Å². The molecule has 0 bridgehead atoms. The maximum absolute atomic E-state index is 11.7. The van der Waals surface area contributed by atoms with E-state index in [1.165, 1.54) is 19.2 Å². The highest BCUT2D eigenvalue weighted by atomic mass is 16.5. The summed E-state index contributed by atoms with van der Waals surface area (Å²) >= 11 is 0. The average Bonchev–Trinajstić information content (AvgIpc) is 2.52. The van der Waals surface area contributed by atoms with Crippen molar-refractivity contribution in [1.29, 1.82) is 5.26 Å². The number of hydrogen-bond donors (Lipinski definition) is 2. The number of hydrogen-bond acceptors (Lipinski definition) is 5. The molecule has 7 heteroatoms. The van der Waals surface area contributed by atoms with E-state index in [2.05, 4.69) is 10.6 Å². The van der Waals surface area contributed by atoms with Gasteiger partial charge in [-0.25, -0.2) is 4.79 Å². The Morgan fingerprint density at radius 3 is 2.65 bits per heavy atom. The lowest BCUT2D eigenvalue weighted by Crippen LogP contribution is -2.42. The molecule has 23 heavy (non-hydrogen) atoms. The molecule has 0 heterocycles. The Hall–Kier alpha value is -2.75. The smallest absolute Gasteiger partial charge is 0.321 e. The minimum atomic E-state index is -0.571. The molecule has 0 aliphatic carbocycles. The van der Waals surface area contributed by atoms with E-state index in [1.54, 1.807) is 6.07 Å². The second kappa shape index (κ2) is 9.30. The molecule has 0 saturated heterocycles. The van der Waals surface area contributed by atoms with Gasteiger partial charge in [-0.05, 0) is 24.5 Å². The number of imide groups is 1. The highest BCUT2D eigenvalue weighted by molar-refractivity contribution is 5.95. The number of rotatable bonds is 7. The van der Waals surface area contributed by atoms with Crippen molar-refractivity contribution in [2.75, 3.05) is 20.3 Å². The van der Waals surface area contributed by atoms with Crippen molar-refractivity contribution in [3.8, 4) is 17.6 Å². The number of amides is 3. The zero-order chi connectivity index (χ0) is 17.2. The second-order valence-corrected chi connectivity index (χ2v) is 5.25. The number of ether oxygens (including phenoxy) is 2. The third-order valence-corrected chi connectivity index (χ3v) is 2.91. The Balaban J connectivity index is 2.44. The summed E-state index contributed by atoms with van der Waals surface area (Å²) in [7, 11) is 1.44. The maximum Gasteiger partial charge on any atom is 0.321 e. The van der Waals surface area contributed by atoms with E-state index in [4.69, 9.17) is 14.7 Å². The van der Waals surface area contributed by atoms with Crippen LogP contribution in [0.2, 0.25) is 0 Å². The number of nitrogens with zero attached hydrogens (tertiary/aromatic N) is 1. The fraction of sp³-hybridized carbons (Fsp3) is 0.438. The van der Waals surface area contributed by atoms with Crippen LogP contribution in [0.25, 0.3) is 0 Å². The Kier molecular flexibility index (Phi) is 7.40. The van der Waals surface area contributed by atoms with Crippen LogP contribution in [0.3, 0.4) is 0 Å². The van der Waals surface area contributed by atoms with Gasteiger partial charge in [-0.1, -0.05) is 13.8 Å². The van der Waals surface area contributed by atoms with Crippen LogP contribution in [0.4, 0.5) is 4.79 Å². The zero-order valence-corrected chi connectivity index (χ0v) is 13.5. The van der Waals surface area contributed by atoms with Crippen LogP contribution in [-0.4, -0.2) is 32.2 Å². The van der Waals surface area contributed by atoms with Gasteiger partial charge in [0.25, 0.3) is 5.91 Å². The Morgan fingerprint density at radius 1 is 1.30 bits per heavy atom. The van der Waals surface area contributed by atoms with Crippen LogP contribution >= 0.6 is 0 Å².